The third-order valence-corrected chi connectivity index (χ3v) is 4.57. The topological polar surface area (TPSA) is 12.0 Å². The summed E-state index contributed by atoms with van der Waals surface area (Å²) in [6.45, 7) is 4.70. The second-order valence-corrected chi connectivity index (χ2v) is 6.40. The zero-order chi connectivity index (χ0) is 12.8. The van der Waals surface area contributed by atoms with Crippen molar-refractivity contribution in [2.45, 2.75) is 70.9 Å². The number of hydrogen-bond donors (Lipinski definition) is 1. The maximum Gasteiger partial charge on any atom is 0.0290 e. The Morgan fingerprint density at radius 2 is 2.06 bits per heavy atom. The van der Waals surface area contributed by atoms with Crippen LogP contribution < -0.4 is 5.32 Å². The second kappa shape index (κ2) is 7.13. The first-order valence-corrected chi connectivity index (χ1v) is 7.85. The van der Waals surface area contributed by atoms with Crippen molar-refractivity contribution in [2.24, 2.45) is 11.8 Å². The first-order chi connectivity index (χ1) is 8.75. The van der Waals surface area contributed by atoms with Gasteiger partial charge in [-0.25, -0.2) is 0 Å². The Balaban J connectivity index is 1.69. The second-order valence-electron chi connectivity index (χ2n) is 6.40. The van der Waals surface area contributed by atoms with E-state index in [1.54, 1.807) is 0 Å². The molecular weight excluding hydrogens is 218 g/mol. The fourth-order valence-electron chi connectivity index (χ4n) is 3.00. The summed E-state index contributed by atoms with van der Waals surface area (Å²) in [4.78, 5) is 0. The number of allylic oxidation sites excluding steroid dienone is 2. The molecule has 0 spiro atoms. The van der Waals surface area contributed by atoms with Crippen LogP contribution >= 0.6 is 0 Å². The van der Waals surface area contributed by atoms with Crippen LogP contribution in [0.15, 0.2) is 24.3 Å². The number of rotatable bonds is 7. The van der Waals surface area contributed by atoms with Crippen molar-refractivity contribution >= 4 is 0 Å². The van der Waals surface area contributed by atoms with Crippen LogP contribution in [-0.4, -0.2) is 12.1 Å². The van der Waals surface area contributed by atoms with Gasteiger partial charge in [-0.3, -0.25) is 0 Å². The molecule has 2 atom stereocenters. The molecule has 0 radical (unpaired) electrons. The zero-order valence-electron chi connectivity index (χ0n) is 12.1. The minimum atomic E-state index is 0.561. The molecule has 0 aromatic heterocycles. The molecule has 0 bridgehead atoms. The lowest BCUT2D eigenvalue weighted by Crippen LogP contribution is -2.40. The van der Waals surface area contributed by atoms with Gasteiger partial charge in [0.15, 0.2) is 0 Å². The summed E-state index contributed by atoms with van der Waals surface area (Å²) in [6, 6.07) is 1.25. The van der Waals surface area contributed by atoms with Gasteiger partial charge in [0.1, 0.15) is 0 Å². The lowest BCUT2D eigenvalue weighted by molar-refractivity contribution is 0.270. The first-order valence-electron chi connectivity index (χ1n) is 7.85. The van der Waals surface area contributed by atoms with Crippen molar-refractivity contribution in [1.82, 2.24) is 5.32 Å². The predicted molar refractivity (Wildman–Crippen MR) is 79.6 cm³/mol. The molecule has 18 heavy (non-hydrogen) atoms. The summed E-state index contributed by atoms with van der Waals surface area (Å²) >= 11 is 0. The van der Waals surface area contributed by atoms with E-state index in [9.17, 15) is 0 Å². The largest absolute Gasteiger partial charge is 0.307 e. The van der Waals surface area contributed by atoms with Crippen LogP contribution in [0.25, 0.3) is 0 Å². The maximum atomic E-state index is 3.83. The number of hydrogen-bond acceptors (Lipinski definition) is 1. The Labute approximate surface area is 113 Å². The summed E-state index contributed by atoms with van der Waals surface area (Å²) in [6.07, 6.45) is 18.8. The van der Waals surface area contributed by atoms with E-state index in [0.29, 0.717) is 12.1 Å². The van der Waals surface area contributed by atoms with Crippen LogP contribution in [0.1, 0.15) is 58.8 Å². The fraction of sp³-hybridized carbons (Fsp3) is 0.765. The highest BCUT2D eigenvalue weighted by Crippen LogP contribution is 2.31. The molecule has 1 saturated carbocycles. The Morgan fingerprint density at radius 3 is 2.61 bits per heavy atom. The van der Waals surface area contributed by atoms with Crippen molar-refractivity contribution in [2.75, 3.05) is 0 Å². The van der Waals surface area contributed by atoms with Gasteiger partial charge in [-0.2, -0.15) is 0 Å². The van der Waals surface area contributed by atoms with Gasteiger partial charge < -0.3 is 5.32 Å². The smallest absolute Gasteiger partial charge is 0.0290 e. The lowest BCUT2D eigenvalue weighted by Gasteiger charge is -2.29. The van der Waals surface area contributed by atoms with Gasteiger partial charge >= 0.3 is 0 Å². The molecule has 0 aromatic rings. The van der Waals surface area contributed by atoms with Gasteiger partial charge in [0.05, 0.1) is 0 Å². The lowest BCUT2D eigenvalue weighted by atomic mass is 9.81. The summed E-state index contributed by atoms with van der Waals surface area (Å²) < 4.78 is 0. The molecule has 0 aliphatic heterocycles. The number of nitrogens with one attached hydrogen (secondary N) is 1. The van der Waals surface area contributed by atoms with Gasteiger partial charge in [0, 0.05) is 12.1 Å². The first kappa shape index (κ1) is 13.9. The summed E-state index contributed by atoms with van der Waals surface area (Å²) in [5.41, 5.74) is 0. The quantitative estimate of drug-likeness (QED) is 0.700. The van der Waals surface area contributed by atoms with Gasteiger partial charge in [-0.1, -0.05) is 70.3 Å². The van der Waals surface area contributed by atoms with Crippen molar-refractivity contribution in [3.8, 4) is 0 Å². The molecule has 0 amide bonds. The van der Waals surface area contributed by atoms with E-state index in [-0.39, 0.29) is 0 Å². The highest BCUT2D eigenvalue weighted by Gasteiger charge is 2.20. The van der Waals surface area contributed by atoms with Gasteiger partial charge in [0.25, 0.3) is 0 Å². The molecule has 1 heteroatoms. The molecule has 1 N–H and O–H groups in total. The fourth-order valence-corrected chi connectivity index (χ4v) is 3.00. The van der Waals surface area contributed by atoms with Crippen LogP contribution in [0.5, 0.6) is 0 Å². The van der Waals surface area contributed by atoms with E-state index in [1.165, 1.54) is 38.5 Å². The Bertz CT molecular complexity index is 286. The molecule has 1 fully saturated rings. The van der Waals surface area contributed by atoms with E-state index < -0.39 is 0 Å². The van der Waals surface area contributed by atoms with Crippen LogP contribution in [0.3, 0.4) is 0 Å². The van der Waals surface area contributed by atoms with E-state index in [2.05, 4.69) is 43.5 Å². The SMILES string of the molecule is CC(C)C(CCCC1CCC1)NC1C=CC=CC1. The van der Waals surface area contributed by atoms with E-state index >= 15 is 0 Å². The van der Waals surface area contributed by atoms with Crippen LogP contribution in [0.4, 0.5) is 0 Å². The maximum absolute atomic E-state index is 3.83. The Kier molecular flexibility index (Phi) is 5.49. The zero-order valence-corrected chi connectivity index (χ0v) is 12.1. The average Bonchev–Trinajstić information content (AvgIpc) is 2.32. The van der Waals surface area contributed by atoms with E-state index in [0.717, 1.165) is 18.3 Å². The summed E-state index contributed by atoms with van der Waals surface area (Å²) in [5, 5.41) is 3.83. The van der Waals surface area contributed by atoms with E-state index in [4.69, 9.17) is 0 Å². The van der Waals surface area contributed by atoms with Gasteiger partial charge in [0.2, 0.25) is 0 Å². The van der Waals surface area contributed by atoms with Gasteiger partial charge in [-0.05, 0) is 24.7 Å². The third-order valence-electron chi connectivity index (χ3n) is 4.57. The van der Waals surface area contributed by atoms with E-state index in [1.807, 2.05) is 0 Å². The Morgan fingerprint density at radius 1 is 1.22 bits per heavy atom. The Hall–Kier alpha value is -0.560. The molecule has 0 aromatic carbocycles. The van der Waals surface area contributed by atoms with Crippen LogP contribution in [0, 0.1) is 11.8 Å². The molecule has 0 heterocycles. The third kappa shape index (κ3) is 4.28. The van der Waals surface area contributed by atoms with Crippen molar-refractivity contribution < 1.29 is 0 Å². The normalized spacial score (nSPS) is 25.4. The molecule has 1 nitrogen and oxygen atoms in total. The van der Waals surface area contributed by atoms with Crippen molar-refractivity contribution in [1.29, 1.82) is 0 Å². The minimum absolute atomic E-state index is 0.561. The summed E-state index contributed by atoms with van der Waals surface area (Å²) in [7, 11) is 0. The highest BCUT2D eigenvalue weighted by atomic mass is 14.9. The highest BCUT2D eigenvalue weighted by molar-refractivity contribution is 5.13. The van der Waals surface area contributed by atoms with Crippen molar-refractivity contribution in [3.05, 3.63) is 24.3 Å². The monoisotopic (exact) mass is 247 g/mol. The average molecular weight is 247 g/mol. The molecule has 2 aliphatic rings. The molecule has 2 aliphatic carbocycles. The van der Waals surface area contributed by atoms with Crippen molar-refractivity contribution in [3.63, 3.8) is 0 Å². The standard InChI is InChI=1S/C17H29N/c1-14(2)17(13-7-10-15-8-6-9-15)18-16-11-4-3-5-12-16/h3-5,11,14-18H,6-10,12-13H2,1-2H3. The predicted octanol–water partition coefficient (Wildman–Crippen LogP) is 4.46. The molecule has 2 unspecified atom stereocenters. The molecule has 102 valence electrons. The molecule has 0 saturated heterocycles. The summed E-state index contributed by atoms with van der Waals surface area (Å²) in [5.74, 6) is 1.81. The minimum Gasteiger partial charge on any atom is -0.307 e. The molecular formula is C17H29N. The molecule has 2 rings (SSSR count). The van der Waals surface area contributed by atoms with Gasteiger partial charge in [-0.15, -0.1) is 0 Å². The van der Waals surface area contributed by atoms with Crippen LogP contribution in [0.2, 0.25) is 0 Å². The van der Waals surface area contributed by atoms with Crippen LogP contribution in [-0.2, 0) is 0 Å².